The van der Waals surface area contributed by atoms with Crippen molar-refractivity contribution >= 4 is 11.0 Å². The minimum absolute atomic E-state index is 0.0803. The van der Waals surface area contributed by atoms with Crippen molar-refractivity contribution in [2.75, 3.05) is 0 Å². The largest absolute Gasteiger partial charge is 0.507 e. The molecule has 0 spiro atoms. The van der Waals surface area contributed by atoms with Crippen LogP contribution in [0.5, 0.6) is 5.75 Å². The molecule has 0 saturated heterocycles. The zero-order chi connectivity index (χ0) is 49.0. The Morgan fingerprint density at radius 1 is 0.448 bits per heavy atom. The molecule has 10 aromatic rings. The van der Waals surface area contributed by atoms with Crippen LogP contribution in [0.3, 0.4) is 0 Å². The summed E-state index contributed by atoms with van der Waals surface area (Å²) in [6.07, 6.45) is 1.88. The van der Waals surface area contributed by atoms with Crippen molar-refractivity contribution in [3.8, 4) is 89.7 Å². The molecule has 0 aliphatic heterocycles. The van der Waals surface area contributed by atoms with Crippen LogP contribution in [0.1, 0.15) is 62.3 Å². The number of phenols is 1. The van der Waals surface area contributed by atoms with Gasteiger partial charge in [-0.1, -0.05) is 181 Å². The number of benzene rings is 8. The molecular formula is C63H55N3O. The number of imidazole rings is 1. The second-order valence-electron chi connectivity index (χ2n) is 19.5. The van der Waals surface area contributed by atoms with Crippen molar-refractivity contribution in [2.24, 2.45) is 0 Å². The Balaban J connectivity index is 1.21. The monoisotopic (exact) mass is 872 g/mol. The Morgan fingerprint density at radius 2 is 1.03 bits per heavy atom. The Morgan fingerprint density at radius 3 is 1.70 bits per heavy atom. The lowest BCUT2D eigenvalue weighted by Crippen LogP contribution is -2.11. The zero-order valence-corrected chi connectivity index (χ0v) is 38.8. The van der Waals surface area contributed by atoms with Gasteiger partial charge in [0.1, 0.15) is 11.6 Å². The summed E-state index contributed by atoms with van der Waals surface area (Å²) in [5, 5.41) is 11.6. The normalized spacial score (nSPS) is 12.7. The predicted molar refractivity (Wildman–Crippen MR) is 281 cm³/mol. The van der Waals surface area contributed by atoms with E-state index in [0.717, 1.165) is 72.5 Å². The SMILES string of the molecule is [2H]C([2H])([2H])c1cc(-c2ccc(C(C)(C)C)cc2)c(-n2c(-c3ccccc3O)nc3c(-c4cc(-c5cc(-c6ccc(-c7ccccc7)cc6)ccn5)cc(C(C)(C)C)c4)cccc32)cc1-c1ccccc1. The molecular weight excluding hydrogens is 815 g/mol. The van der Waals surface area contributed by atoms with Gasteiger partial charge in [-0.15, -0.1) is 0 Å². The van der Waals surface area contributed by atoms with Crippen molar-refractivity contribution in [3.05, 3.63) is 217 Å². The lowest BCUT2D eigenvalue weighted by atomic mass is 9.83. The third-order valence-corrected chi connectivity index (χ3v) is 12.8. The lowest BCUT2D eigenvalue weighted by molar-refractivity contribution is 0.477. The Labute approximate surface area is 399 Å². The number of aromatic nitrogens is 3. The van der Waals surface area contributed by atoms with Crippen LogP contribution in [-0.4, -0.2) is 19.6 Å². The molecule has 1 N–H and O–H groups in total. The second kappa shape index (κ2) is 17.2. The number of rotatable bonds is 8. The third kappa shape index (κ3) is 8.48. The van der Waals surface area contributed by atoms with Gasteiger partial charge in [0.25, 0.3) is 0 Å². The van der Waals surface area contributed by atoms with E-state index in [1.54, 1.807) is 12.1 Å². The van der Waals surface area contributed by atoms with Crippen molar-refractivity contribution in [1.82, 2.24) is 14.5 Å². The fraction of sp³-hybridized carbons (Fsp3) is 0.143. The first-order valence-corrected chi connectivity index (χ1v) is 22.9. The number of hydrogen-bond donors (Lipinski definition) is 1. The van der Waals surface area contributed by atoms with Crippen LogP contribution >= 0.6 is 0 Å². The third-order valence-electron chi connectivity index (χ3n) is 12.8. The summed E-state index contributed by atoms with van der Waals surface area (Å²) >= 11 is 0. The van der Waals surface area contributed by atoms with Gasteiger partial charge in [0.05, 0.1) is 28.0 Å². The lowest BCUT2D eigenvalue weighted by Gasteiger charge is -2.22. The molecule has 8 aromatic carbocycles. The highest BCUT2D eigenvalue weighted by Gasteiger charge is 2.25. The molecule has 2 aromatic heterocycles. The van der Waals surface area contributed by atoms with E-state index in [1.807, 2.05) is 66.9 Å². The number of hydrogen-bond acceptors (Lipinski definition) is 3. The molecule has 0 aliphatic carbocycles. The maximum absolute atomic E-state index is 11.6. The van der Waals surface area contributed by atoms with Gasteiger partial charge in [-0.05, 0) is 133 Å². The van der Waals surface area contributed by atoms with Crippen molar-refractivity contribution in [3.63, 3.8) is 0 Å². The van der Waals surface area contributed by atoms with Crippen LogP contribution in [-0.2, 0) is 10.8 Å². The van der Waals surface area contributed by atoms with E-state index in [2.05, 4.69) is 167 Å². The van der Waals surface area contributed by atoms with Gasteiger partial charge >= 0.3 is 0 Å². The van der Waals surface area contributed by atoms with E-state index in [-0.39, 0.29) is 22.1 Å². The highest BCUT2D eigenvalue weighted by Crippen LogP contribution is 2.43. The molecule has 2 heterocycles. The average Bonchev–Trinajstić information content (AvgIpc) is 3.75. The molecule has 10 rings (SSSR count). The van der Waals surface area contributed by atoms with E-state index in [0.29, 0.717) is 17.0 Å². The molecule has 67 heavy (non-hydrogen) atoms. The van der Waals surface area contributed by atoms with Crippen LogP contribution in [0, 0.1) is 6.85 Å². The van der Waals surface area contributed by atoms with E-state index in [9.17, 15) is 5.11 Å². The van der Waals surface area contributed by atoms with Crippen molar-refractivity contribution in [2.45, 2.75) is 59.2 Å². The summed E-state index contributed by atoms with van der Waals surface area (Å²) < 4.78 is 28.7. The highest BCUT2D eigenvalue weighted by atomic mass is 16.3. The van der Waals surface area contributed by atoms with E-state index in [1.165, 1.54) is 16.7 Å². The van der Waals surface area contributed by atoms with Gasteiger partial charge in [-0.3, -0.25) is 9.55 Å². The zero-order valence-electron chi connectivity index (χ0n) is 41.8. The number of aromatic hydroxyl groups is 1. The highest BCUT2D eigenvalue weighted by molar-refractivity contribution is 5.98. The first-order chi connectivity index (χ1) is 33.5. The fourth-order valence-electron chi connectivity index (χ4n) is 9.05. The fourth-order valence-corrected chi connectivity index (χ4v) is 9.05. The van der Waals surface area contributed by atoms with Gasteiger partial charge < -0.3 is 5.11 Å². The van der Waals surface area contributed by atoms with Crippen LogP contribution in [0.15, 0.2) is 200 Å². The van der Waals surface area contributed by atoms with Crippen LogP contribution in [0.4, 0.5) is 0 Å². The predicted octanol–water partition coefficient (Wildman–Crippen LogP) is 16.7. The maximum Gasteiger partial charge on any atom is 0.149 e. The van der Waals surface area contributed by atoms with Gasteiger partial charge in [-0.25, -0.2) is 4.98 Å². The number of nitrogens with zero attached hydrogens (tertiary/aromatic N) is 3. The number of fused-ring (bicyclic) bond motifs is 1. The van der Waals surface area contributed by atoms with Crippen LogP contribution in [0.2, 0.25) is 0 Å². The van der Waals surface area contributed by atoms with Gasteiger partial charge in [0.15, 0.2) is 0 Å². The van der Waals surface area contributed by atoms with Gasteiger partial charge in [-0.2, -0.15) is 0 Å². The summed E-state index contributed by atoms with van der Waals surface area (Å²) in [5.41, 5.74) is 16.3. The molecule has 0 saturated carbocycles. The number of para-hydroxylation sites is 2. The van der Waals surface area contributed by atoms with Crippen molar-refractivity contribution in [1.29, 1.82) is 0 Å². The molecule has 0 atom stereocenters. The summed E-state index contributed by atoms with van der Waals surface area (Å²) in [4.78, 5) is 10.5. The van der Waals surface area contributed by atoms with Gasteiger partial charge in [0, 0.05) is 27.0 Å². The molecule has 4 heteroatoms. The molecule has 4 nitrogen and oxygen atoms in total. The van der Waals surface area contributed by atoms with Crippen molar-refractivity contribution < 1.29 is 9.22 Å². The molecule has 0 fully saturated rings. The van der Waals surface area contributed by atoms with Crippen LogP contribution < -0.4 is 0 Å². The summed E-state index contributed by atoms with van der Waals surface area (Å²) in [6.45, 7) is 10.8. The Kier molecular flexibility index (Phi) is 10.1. The summed E-state index contributed by atoms with van der Waals surface area (Å²) in [5.74, 6) is 0.602. The molecule has 328 valence electrons. The summed E-state index contributed by atoms with van der Waals surface area (Å²) in [6, 6.07) is 65.4. The molecule has 0 aliphatic rings. The Hall–Kier alpha value is -7.82. The van der Waals surface area contributed by atoms with Crippen LogP contribution in [0.25, 0.3) is 95.0 Å². The topological polar surface area (TPSA) is 50.9 Å². The van der Waals surface area contributed by atoms with E-state index >= 15 is 0 Å². The first kappa shape index (κ1) is 39.5. The van der Waals surface area contributed by atoms with E-state index in [4.69, 9.17) is 14.1 Å². The molecule has 0 radical (unpaired) electrons. The van der Waals surface area contributed by atoms with Gasteiger partial charge in [0.2, 0.25) is 0 Å². The molecule has 0 bridgehead atoms. The first-order valence-electron chi connectivity index (χ1n) is 24.4. The number of aryl methyl sites for hydroxylation is 1. The molecule has 0 amide bonds. The Bertz CT molecular complexity index is 3530. The average molecular weight is 873 g/mol. The molecule has 0 unspecified atom stereocenters. The number of pyridine rings is 1. The maximum atomic E-state index is 11.6. The number of phenolic OH excluding ortho intramolecular Hbond substituents is 1. The minimum Gasteiger partial charge on any atom is -0.507 e. The summed E-state index contributed by atoms with van der Waals surface area (Å²) in [7, 11) is 0. The smallest absolute Gasteiger partial charge is 0.149 e. The second-order valence-corrected chi connectivity index (χ2v) is 19.5. The van der Waals surface area contributed by atoms with E-state index < -0.39 is 6.85 Å². The quantitative estimate of drug-likeness (QED) is 0.165. The standard InChI is InChI=1S/C63H55N3O/c1-41-35-55(46-29-31-50(32-30-46)62(2,3)4)58(40-54(41)45-19-12-9-13-20-45)66-57-23-16-22-52(60(57)65-61(66)53-21-14-15-24-59(53)67)48-36-49(38-51(37-48)63(5,6)7)56-39-47(33-34-64-56)44-27-25-43(26-28-44)42-17-10-8-11-18-42/h8-40,67H,1-7H3/i1D3. The minimum atomic E-state index is -2.42.